The molecule has 0 heterocycles. The summed E-state index contributed by atoms with van der Waals surface area (Å²) < 4.78 is 27.0. The van der Waals surface area contributed by atoms with Gasteiger partial charge in [0.1, 0.15) is 0 Å². The number of nitrogens with one attached hydrogen (secondary N) is 1. The van der Waals surface area contributed by atoms with E-state index in [0.29, 0.717) is 24.1 Å². The Labute approximate surface area is 113 Å². The third kappa shape index (κ3) is 3.68. The van der Waals surface area contributed by atoms with Gasteiger partial charge >= 0.3 is 0 Å². The number of benzene rings is 1. The van der Waals surface area contributed by atoms with Gasteiger partial charge in [-0.25, -0.2) is 13.1 Å². The van der Waals surface area contributed by atoms with E-state index in [1.807, 2.05) is 0 Å². The highest BCUT2D eigenvalue weighted by Crippen LogP contribution is 2.30. The molecule has 2 rings (SSSR count). The van der Waals surface area contributed by atoms with Crippen molar-refractivity contribution in [1.82, 2.24) is 4.72 Å². The maximum absolute atomic E-state index is 12.2. The topological polar surface area (TPSA) is 92.4 Å². The van der Waals surface area contributed by atoms with Crippen molar-refractivity contribution in [1.29, 1.82) is 0 Å². The predicted octanol–water partition coefficient (Wildman–Crippen LogP) is 0.993. The third-order valence-electron chi connectivity index (χ3n) is 3.57. The van der Waals surface area contributed by atoms with E-state index in [0.717, 1.165) is 12.8 Å². The first-order chi connectivity index (χ1) is 8.95. The first kappa shape index (κ1) is 14.3. The summed E-state index contributed by atoms with van der Waals surface area (Å²) in [4.78, 5) is 0. The van der Waals surface area contributed by atoms with Crippen molar-refractivity contribution in [3.63, 3.8) is 0 Å². The van der Waals surface area contributed by atoms with Crippen molar-refractivity contribution >= 4 is 15.7 Å². The maximum atomic E-state index is 12.2. The SMILES string of the molecule is Nc1ccc(CS(=O)(=O)NC2(CO)CCCC2)cc1. The number of rotatable bonds is 5. The van der Waals surface area contributed by atoms with Gasteiger partial charge in [0, 0.05) is 5.69 Å². The Morgan fingerprint density at radius 2 is 1.79 bits per heavy atom. The molecule has 1 aromatic rings. The Kier molecular flexibility index (Phi) is 4.13. The number of hydrogen-bond acceptors (Lipinski definition) is 4. The lowest BCUT2D eigenvalue weighted by molar-refractivity contribution is 0.185. The maximum Gasteiger partial charge on any atom is 0.216 e. The molecule has 0 radical (unpaired) electrons. The molecule has 1 aliphatic rings. The highest BCUT2D eigenvalue weighted by molar-refractivity contribution is 7.88. The summed E-state index contributed by atoms with van der Waals surface area (Å²) in [5, 5.41) is 9.44. The Morgan fingerprint density at radius 1 is 1.21 bits per heavy atom. The third-order valence-corrected chi connectivity index (χ3v) is 5.03. The second-order valence-electron chi connectivity index (χ2n) is 5.25. The summed E-state index contributed by atoms with van der Waals surface area (Å²) in [6.45, 7) is -0.145. The molecule has 1 aromatic carbocycles. The molecule has 1 saturated carbocycles. The van der Waals surface area contributed by atoms with Gasteiger partial charge in [0.25, 0.3) is 0 Å². The molecule has 106 valence electrons. The smallest absolute Gasteiger partial charge is 0.216 e. The van der Waals surface area contributed by atoms with Crippen LogP contribution < -0.4 is 10.5 Å². The quantitative estimate of drug-likeness (QED) is 0.703. The summed E-state index contributed by atoms with van der Waals surface area (Å²) in [5.74, 6) is -0.0883. The van der Waals surface area contributed by atoms with Crippen LogP contribution in [0.2, 0.25) is 0 Å². The molecule has 0 atom stereocenters. The van der Waals surface area contributed by atoms with Crippen molar-refractivity contribution in [2.75, 3.05) is 12.3 Å². The lowest BCUT2D eigenvalue weighted by Crippen LogP contribution is -2.49. The van der Waals surface area contributed by atoms with Gasteiger partial charge in [0.15, 0.2) is 0 Å². The minimum absolute atomic E-state index is 0.0883. The first-order valence-corrected chi connectivity index (χ1v) is 8.07. The van der Waals surface area contributed by atoms with Crippen molar-refractivity contribution in [3.05, 3.63) is 29.8 Å². The van der Waals surface area contributed by atoms with E-state index in [2.05, 4.69) is 4.72 Å². The molecule has 1 fully saturated rings. The van der Waals surface area contributed by atoms with Crippen LogP contribution in [0.1, 0.15) is 31.2 Å². The van der Waals surface area contributed by atoms with Crippen LogP contribution in [-0.2, 0) is 15.8 Å². The van der Waals surface area contributed by atoms with Gasteiger partial charge in [-0.3, -0.25) is 0 Å². The second kappa shape index (κ2) is 5.48. The van der Waals surface area contributed by atoms with Gasteiger partial charge in [-0.2, -0.15) is 0 Å². The number of nitrogen functional groups attached to an aromatic ring is 1. The molecule has 1 aliphatic carbocycles. The van der Waals surface area contributed by atoms with E-state index in [9.17, 15) is 13.5 Å². The Morgan fingerprint density at radius 3 is 2.32 bits per heavy atom. The van der Waals surface area contributed by atoms with Gasteiger partial charge in [0.2, 0.25) is 10.0 Å². The van der Waals surface area contributed by atoms with Gasteiger partial charge < -0.3 is 10.8 Å². The number of nitrogens with two attached hydrogens (primary N) is 1. The average molecular weight is 284 g/mol. The molecule has 5 nitrogen and oxygen atoms in total. The Balaban J connectivity index is 2.08. The zero-order chi connectivity index (χ0) is 13.9. The van der Waals surface area contributed by atoms with Crippen LogP contribution in [0.25, 0.3) is 0 Å². The van der Waals surface area contributed by atoms with Crippen LogP contribution in [0.4, 0.5) is 5.69 Å². The zero-order valence-electron chi connectivity index (χ0n) is 10.8. The summed E-state index contributed by atoms with van der Waals surface area (Å²) in [6.07, 6.45) is 3.30. The Hall–Kier alpha value is -1.11. The van der Waals surface area contributed by atoms with Crippen molar-refractivity contribution < 1.29 is 13.5 Å². The highest BCUT2D eigenvalue weighted by atomic mass is 32.2. The minimum atomic E-state index is -3.45. The van der Waals surface area contributed by atoms with Gasteiger partial charge in [-0.15, -0.1) is 0 Å². The molecular formula is C13H20N2O3S. The summed E-state index contributed by atoms with van der Waals surface area (Å²) in [5.41, 5.74) is 6.20. The van der Waals surface area contributed by atoms with Crippen LogP contribution in [0, 0.1) is 0 Å². The lowest BCUT2D eigenvalue weighted by Gasteiger charge is -2.27. The van der Waals surface area contributed by atoms with E-state index in [1.165, 1.54) is 0 Å². The Bertz CT molecular complexity index is 519. The second-order valence-corrected chi connectivity index (χ2v) is 6.97. The van der Waals surface area contributed by atoms with Crippen LogP contribution >= 0.6 is 0 Å². The molecule has 0 bridgehead atoms. The molecule has 0 aromatic heterocycles. The van der Waals surface area contributed by atoms with Crippen LogP contribution in [0.15, 0.2) is 24.3 Å². The molecular weight excluding hydrogens is 264 g/mol. The molecule has 0 unspecified atom stereocenters. The average Bonchev–Trinajstić information content (AvgIpc) is 2.80. The summed E-state index contributed by atoms with van der Waals surface area (Å²) in [7, 11) is -3.45. The molecule has 6 heteroatoms. The molecule has 4 N–H and O–H groups in total. The minimum Gasteiger partial charge on any atom is -0.399 e. The monoisotopic (exact) mass is 284 g/mol. The normalized spacial score (nSPS) is 18.6. The van der Waals surface area contributed by atoms with Gasteiger partial charge in [-0.1, -0.05) is 25.0 Å². The molecule has 0 spiro atoms. The van der Waals surface area contributed by atoms with E-state index < -0.39 is 15.6 Å². The van der Waals surface area contributed by atoms with E-state index >= 15 is 0 Å². The van der Waals surface area contributed by atoms with E-state index in [4.69, 9.17) is 5.73 Å². The summed E-state index contributed by atoms with van der Waals surface area (Å²) in [6, 6.07) is 6.77. The molecule has 0 aliphatic heterocycles. The predicted molar refractivity (Wildman–Crippen MR) is 74.9 cm³/mol. The number of hydrogen-bond donors (Lipinski definition) is 3. The highest BCUT2D eigenvalue weighted by Gasteiger charge is 2.36. The number of aliphatic hydroxyl groups excluding tert-OH is 1. The largest absolute Gasteiger partial charge is 0.399 e. The van der Waals surface area contributed by atoms with E-state index in [-0.39, 0.29) is 12.4 Å². The van der Waals surface area contributed by atoms with Crippen LogP contribution in [0.3, 0.4) is 0 Å². The molecule has 0 saturated heterocycles. The standard InChI is InChI=1S/C13H20N2O3S/c14-12-5-3-11(4-6-12)9-19(17,18)15-13(10-16)7-1-2-8-13/h3-6,15-16H,1-2,7-10,14H2. The number of sulfonamides is 1. The van der Waals surface area contributed by atoms with Crippen molar-refractivity contribution in [2.45, 2.75) is 37.0 Å². The molecule has 0 amide bonds. The van der Waals surface area contributed by atoms with Gasteiger partial charge in [-0.05, 0) is 30.5 Å². The van der Waals surface area contributed by atoms with Gasteiger partial charge in [0.05, 0.1) is 17.9 Å². The fourth-order valence-electron chi connectivity index (χ4n) is 2.54. The zero-order valence-corrected chi connectivity index (χ0v) is 11.6. The van der Waals surface area contributed by atoms with Crippen LogP contribution in [-0.4, -0.2) is 25.7 Å². The van der Waals surface area contributed by atoms with E-state index in [1.54, 1.807) is 24.3 Å². The van der Waals surface area contributed by atoms with Crippen molar-refractivity contribution in [3.8, 4) is 0 Å². The van der Waals surface area contributed by atoms with Crippen molar-refractivity contribution in [2.24, 2.45) is 0 Å². The number of aliphatic hydroxyl groups is 1. The fraction of sp³-hybridized carbons (Fsp3) is 0.538. The van der Waals surface area contributed by atoms with Crippen LogP contribution in [0.5, 0.6) is 0 Å². The fourth-order valence-corrected chi connectivity index (χ4v) is 4.18. The lowest BCUT2D eigenvalue weighted by atomic mass is 10.0. The molecule has 19 heavy (non-hydrogen) atoms. The number of anilines is 1. The summed E-state index contributed by atoms with van der Waals surface area (Å²) >= 11 is 0. The first-order valence-electron chi connectivity index (χ1n) is 6.42.